The number of piperazine rings is 1. The molecular weight excluding hydrogens is 438 g/mol. The number of sulfonamides is 1. The highest BCUT2D eigenvalue weighted by atomic mass is 32.2. The number of rotatable bonds is 5. The Morgan fingerprint density at radius 3 is 2.15 bits per heavy atom. The van der Waals surface area contributed by atoms with E-state index in [0.29, 0.717) is 48.4 Å². The van der Waals surface area contributed by atoms with Crippen LogP contribution in [0, 0.1) is 5.41 Å². The molecule has 1 amide bonds. The van der Waals surface area contributed by atoms with Crippen molar-refractivity contribution in [2.45, 2.75) is 4.90 Å². The van der Waals surface area contributed by atoms with Crippen molar-refractivity contribution in [2.24, 2.45) is 10.9 Å². The number of benzene rings is 3. The van der Waals surface area contributed by atoms with Crippen LogP contribution in [-0.2, 0) is 10.0 Å². The standard InChI is InChI=1S/C24H25N5O3S/c25-23(26)19-4-3-5-20(16-19)28-12-14-29(15-13-28)24(30)18-10-8-17(9-11-18)21-6-1-2-7-22(21)33(27,31)32/h1-11,16H,12-15H2,(H3,25,26)(H2,27,31,32). The van der Waals surface area contributed by atoms with Crippen LogP contribution in [0.25, 0.3) is 11.1 Å². The Hall–Kier alpha value is -3.69. The summed E-state index contributed by atoms with van der Waals surface area (Å²) in [5.74, 6) is -0.0424. The molecule has 5 N–H and O–H groups in total. The summed E-state index contributed by atoms with van der Waals surface area (Å²) < 4.78 is 23.8. The molecule has 1 fully saturated rings. The molecule has 1 aliphatic rings. The van der Waals surface area contributed by atoms with Gasteiger partial charge in [0.25, 0.3) is 5.91 Å². The Kier molecular flexibility index (Phi) is 6.17. The second-order valence-corrected chi connectivity index (χ2v) is 9.39. The lowest BCUT2D eigenvalue weighted by Crippen LogP contribution is -2.48. The lowest BCUT2D eigenvalue weighted by atomic mass is 10.0. The molecule has 1 heterocycles. The molecule has 1 saturated heterocycles. The van der Waals surface area contributed by atoms with E-state index in [4.69, 9.17) is 16.3 Å². The number of hydrogen-bond acceptors (Lipinski definition) is 5. The van der Waals surface area contributed by atoms with Crippen LogP contribution in [0.1, 0.15) is 15.9 Å². The molecular formula is C24H25N5O3S. The van der Waals surface area contributed by atoms with Crippen LogP contribution in [0.15, 0.2) is 77.7 Å². The van der Waals surface area contributed by atoms with Gasteiger partial charge in [0.15, 0.2) is 0 Å². The van der Waals surface area contributed by atoms with Crippen LogP contribution in [0.3, 0.4) is 0 Å². The van der Waals surface area contributed by atoms with E-state index in [1.54, 1.807) is 53.4 Å². The van der Waals surface area contributed by atoms with Crippen molar-refractivity contribution >= 4 is 27.5 Å². The van der Waals surface area contributed by atoms with E-state index in [-0.39, 0.29) is 16.6 Å². The van der Waals surface area contributed by atoms with E-state index in [2.05, 4.69) is 4.90 Å². The average Bonchev–Trinajstić information content (AvgIpc) is 2.83. The van der Waals surface area contributed by atoms with Gasteiger partial charge in [0.2, 0.25) is 10.0 Å². The average molecular weight is 464 g/mol. The normalized spacial score (nSPS) is 14.2. The smallest absolute Gasteiger partial charge is 0.253 e. The van der Waals surface area contributed by atoms with Crippen molar-refractivity contribution in [3.8, 4) is 11.1 Å². The molecule has 33 heavy (non-hydrogen) atoms. The van der Waals surface area contributed by atoms with Gasteiger partial charge in [-0.15, -0.1) is 0 Å². The van der Waals surface area contributed by atoms with Gasteiger partial charge in [-0.25, -0.2) is 13.6 Å². The zero-order valence-electron chi connectivity index (χ0n) is 17.9. The van der Waals surface area contributed by atoms with Crippen LogP contribution in [-0.4, -0.2) is 51.2 Å². The third-order valence-electron chi connectivity index (χ3n) is 5.73. The largest absolute Gasteiger partial charge is 0.384 e. The summed E-state index contributed by atoms with van der Waals surface area (Å²) in [6.07, 6.45) is 0. The summed E-state index contributed by atoms with van der Waals surface area (Å²) in [6.45, 7) is 2.48. The zero-order valence-corrected chi connectivity index (χ0v) is 18.8. The molecule has 3 aromatic carbocycles. The number of amidine groups is 1. The summed E-state index contributed by atoms with van der Waals surface area (Å²) in [6, 6.07) is 21.0. The summed E-state index contributed by atoms with van der Waals surface area (Å²) in [5, 5.41) is 12.9. The highest BCUT2D eigenvalue weighted by molar-refractivity contribution is 7.89. The molecule has 4 rings (SSSR count). The fourth-order valence-electron chi connectivity index (χ4n) is 3.97. The molecule has 0 atom stereocenters. The highest BCUT2D eigenvalue weighted by Gasteiger charge is 2.23. The number of nitrogen functional groups attached to an aromatic ring is 1. The van der Waals surface area contributed by atoms with E-state index >= 15 is 0 Å². The summed E-state index contributed by atoms with van der Waals surface area (Å²) in [4.78, 5) is 17.0. The minimum absolute atomic E-state index is 0.0285. The Bertz CT molecular complexity index is 1300. The van der Waals surface area contributed by atoms with Crippen LogP contribution in [0.4, 0.5) is 5.69 Å². The van der Waals surface area contributed by atoms with Crippen molar-refractivity contribution < 1.29 is 13.2 Å². The van der Waals surface area contributed by atoms with E-state index in [1.807, 2.05) is 18.2 Å². The minimum Gasteiger partial charge on any atom is -0.384 e. The van der Waals surface area contributed by atoms with Gasteiger partial charge in [-0.3, -0.25) is 10.2 Å². The first-order valence-electron chi connectivity index (χ1n) is 10.4. The van der Waals surface area contributed by atoms with Crippen molar-refractivity contribution in [1.29, 1.82) is 5.41 Å². The maximum atomic E-state index is 13.0. The van der Waals surface area contributed by atoms with E-state index in [9.17, 15) is 13.2 Å². The molecule has 3 aromatic rings. The van der Waals surface area contributed by atoms with Gasteiger partial charge in [0, 0.05) is 48.6 Å². The summed E-state index contributed by atoms with van der Waals surface area (Å²) in [5.41, 5.74) is 8.96. The van der Waals surface area contributed by atoms with Crippen LogP contribution < -0.4 is 15.8 Å². The summed E-state index contributed by atoms with van der Waals surface area (Å²) in [7, 11) is -3.86. The minimum atomic E-state index is -3.86. The Morgan fingerprint density at radius 2 is 1.52 bits per heavy atom. The molecule has 0 spiro atoms. The predicted molar refractivity (Wildman–Crippen MR) is 129 cm³/mol. The first-order valence-corrected chi connectivity index (χ1v) is 12.0. The van der Waals surface area contributed by atoms with Crippen LogP contribution >= 0.6 is 0 Å². The summed E-state index contributed by atoms with van der Waals surface area (Å²) >= 11 is 0. The maximum Gasteiger partial charge on any atom is 0.253 e. The molecule has 0 aromatic heterocycles. The number of primary sulfonamides is 1. The molecule has 170 valence electrons. The first-order chi connectivity index (χ1) is 15.7. The zero-order chi connectivity index (χ0) is 23.6. The van der Waals surface area contributed by atoms with Gasteiger partial charge in [-0.1, -0.05) is 42.5 Å². The Balaban J connectivity index is 1.45. The SMILES string of the molecule is N=C(N)c1cccc(N2CCN(C(=O)c3ccc(-c4ccccc4S(N)(=O)=O)cc3)CC2)c1. The van der Waals surface area contributed by atoms with E-state index in [1.165, 1.54) is 6.07 Å². The third kappa shape index (κ3) is 4.89. The van der Waals surface area contributed by atoms with Gasteiger partial charge < -0.3 is 15.5 Å². The number of nitrogens with two attached hydrogens (primary N) is 2. The Morgan fingerprint density at radius 1 is 0.848 bits per heavy atom. The van der Waals surface area contributed by atoms with Gasteiger partial charge in [0.05, 0.1) is 4.90 Å². The third-order valence-corrected chi connectivity index (χ3v) is 6.69. The highest BCUT2D eigenvalue weighted by Crippen LogP contribution is 2.27. The number of carbonyl (C=O) groups excluding carboxylic acids is 1. The topological polar surface area (TPSA) is 134 Å². The van der Waals surface area contributed by atoms with Crippen molar-refractivity contribution in [3.63, 3.8) is 0 Å². The van der Waals surface area contributed by atoms with E-state index < -0.39 is 10.0 Å². The van der Waals surface area contributed by atoms with Crippen LogP contribution in [0.2, 0.25) is 0 Å². The lowest BCUT2D eigenvalue weighted by Gasteiger charge is -2.36. The number of carbonyl (C=O) groups is 1. The monoisotopic (exact) mass is 463 g/mol. The van der Waals surface area contributed by atoms with Crippen molar-refractivity contribution in [1.82, 2.24) is 4.90 Å². The molecule has 0 saturated carbocycles. The molecule has 0 unspecified atom stereocenters. The molecule has 1 aliphatic heterocycles. The van der Waals surface area contributed by atoms with Gasteiger partial charge in [-0.2, -0.15) is 0 Å². The number of anilines is 1. The number of nitrogens with one attached hydrogen (secondary N) is 1. The molecule has 0 bridgehead atoms. The Labute approximate surface area is 193 Å². The number of nitrogens with zero attached hydrogens (tertiary/aromatic N) is 2. The van der Waals surface area contributed by atoms with Crippen molar-refractivity contribution in [2.75, 3.05) is 31.1 Å². The molecule has 0 aliphatic carbocycles. The maximum absolute atomic E-state index is 13.0. The second-order valence-electron chi connectivity index (χ2n) is 7.86. The second kappa shape index (κ2) is 9.05. The molecule has 8 nitrogen and oxygen atoms in total. The fraction of sp³-hybridized carbons (Fsp3) is 0.167. The fourth-order valence-corrected chi connectivity index (χ4v) is 4.73. The lowest BCUT2D eigenvalue weighted by molar-refractivity contribution is 0.0747. The predicted octanol–water partition coefficient (Wildman–Crippen LogP) is 2.25. The first kappa shape index (κ1) is 22.5. The quantitative estimate of drug-likeness (QED) is 0.394. The number of hydrogen-bond donors (Lipinski definition) is 3. The number of amides is 1. The van der Waals surface area contributed by atoms with Crippen LogP contribution in [0.5, 0.6) is 0 Å². The molecule has 9 heteroatoms. The molecule has 0 radical (unpaired) electrons. The van der Waals surface area contributed by atoms with Gasteiger partial charge in [0.1, 0.15) is 5.84 Å². The van der Waals surface area contributed by atoms with Gasteiger partial charge in [-0.05, 0) is 35.9 Å². The van der Waals surface area contributed by atoms with E-state index in [0.717, 1.165) is 5.69 Å². The van der Waals surface area contributed by atoms with Gasteiger partial charge >= 0.3 is 0 Å². The van der Waals surface area contributed by atoms with Crippen molar-refractivity contribution in [3.05, 3.63) is 83.9 Å².